The van der Waals surface area contributed by atoms with Crippen LogP contribution in [0.5, 0.6) is 0 Å². The Kier molecular flexibility index (Phi) is 17.4. The molecule has 224 valence electrons. The molecule has 2 nitrogen and oxygen atoms in total. The summed E-state index contributed by atoms with van der Waals surface area (Å²) in [6.45, 7) is 23.0. The summed E-state index contributed by atoms with van der Waals surface area (Å²) in [7, 11) is 0. The van der Waals surface area contributed by atoms with E-state index in [0.29, 0.717) is 16.7 Å². The van der Waals surface area contributed by atoms with E-state index in [1.54, 1.807) is 25.4 Å². The number of hydrogen-bond acceptors (Lipinski definition) is 2. The summed E-state index contributed by atoms with van der Waals surface area (Å²) in [4.78, 5) is 16.7. The third-order valence-corrected chi connectivity index (χ3v) is 6.45. The Morgan fingerprint density at radius 3 is 2.10 bits per heavy atom. The fraction of sp³-hybridized carbons (Fsp3) is 0.543. The third kappa shape index (κ3) is 11.1. The van der Waals surface area contributed by atoms with Gasteiger partial charge in [-0.05, 0) is 79.5 Å². The minimum Gasteiger partial charge on any atom is -0.289 e. The zero-order chi connectivity index (χ0) is 31.0. The molecule has 1 aliphatic rings. The molecule has 0 aliphatic heterocycles. The zero-order valence-corrected chi connectivity index (χ0v) is 26.7. The summed E-state index contributed by atoms with van der Waals surface area (Å²) in [5.74, 6) is 1.46. The first-order valence-electron chi connectivity index (χ1n) is 14.9. The lowest BCUT2D eigenvalue weighted by Crippen LogP contribution is -2.07. The van der Waals surface area contributed by atoms with Crippen molar-refractivity contribution in [3.8, 4) is 0 Å². The number of pyridine rings is 1. The number of rotatable bonds is 7. The smallest absolute Gasteiger partial charge is 0.289 e. The van der Waals surface area contributed by atoms with E-state index in [4.69, 9.17) is 0 Å². The summed E-state index contributed by atoms with van der Waals surface area (Å²) in [5.41, 5.74) is 3.59. The molecule has 0 saturated carbocycles. The molecule has 0 spiro atoms. The Morgan fingerprint density at radius 2 is 1.60 bits per heavy atom. The lowest BCUT2D eigenvalue weighted by atomic mass is 9.92. The van der Waals surface area contributed by atoms with Crippen molar-refractivity contribution >= 4 is 16.9 Å². The van der Waals surface area contributed by atoms with Gasteiger partial charge in [-0.1, -0.05) is 93.2 Å². The molecule has 1 atom stereocenters. The molecule has 0 bridgehead atoms. The number of unbranched alkanes of at least 4 members (excludes halogenated alkanes) is 1. The summed E-state index contributed by atoms with van der Waals surface area (Å²) in [6, 6.07) is 5.14. The van der Waals surface area contributed by atoms with Crippen LogP contribution < -0.4 is 0 Å². The standard InChI is InChI=1S/C20H16F3NO.C10H22.C3H8.C2H6/c1-4-11(2)17-10-24-8-7-15(17)18-12(3)19(25)16-9-13(20(21,22)23)5-6-14(16)18;1-5-6-7-10(4)8-9(2)3;1-3-2;1-2/h4-10H,1-3H3;9-10H,5-8H2,1-4H3;3H2,1-2H3;1-2H3/b11-4-;;;/t;10-;;/m.1../s1. The Morgan fingerprint density at radius 1 is 1.00 bits per heavy atom. The minimum absolute atomic E-state index is 0.100. The zero-order valence-electron chi connectivity index (χ0n) is 26.7. The van der Waals surface area contributed by atoms with Crippen LogP contribution in [-0.2, 0) is 6.18 Å². The molecular formula is C35H52F3NO. The molecule has 0 fully saturated rings. The largest absolute Gasteiger partial charge is 0.416 e. The number of ketones is 1. The molecule has 0 unspecified atom stereocenters. The van der Waals surface area contributed by atoms with Crippen LogP contribution in [0.3, 0.4) is 0 Å². The van der Waals surface area contributed by atoms with Crippen molar-refractivity contribution < 1.29 is 18.0 Å². The Labute approximate surface area is 242 Å². The van der Waals surface area contributed by atoms with Crippen molar-refractivity contribution in [3.63, 3.8) is 0 Å². The normalized spacial score (nSPS) is 13.5. The maximum atomic E-state index is 13.0. The molecule has 2 aromatic rings. The first-order chi connectivity index (χ1) is 18.8. The van der Waals surface area contributed by atoms with Crippen molar-refractivity contribution in [2.75, 3.05) is 0 Å². The second-order valence-electron chi connectivity index (χ2n) is 10.6. The van der Waals surface area contributed by atoms with Gasteiger partial charge >= 0.3 is 6.18 Å². The molecule has 40 heavy (non-hydrogen) atoms. The number of carbonyl (C=O) groups is 1. The van der Waals surface area contributed by atoms with Crippen LogP contribution in [-0.4, -0.2) is 10.8 Å². The lowest BCUT2D eigenvalue weighted by molar-refractivity contribution is -0.137. The quantitative estimate of drug-likeness (QED) is 0.338. The number of benzene rings is 1. The molecule has 1 aliphatic carbocycles. The van der Waals surface area contributed by atoms with Crippen LogP contribution in [0.4, 0.5) is 13.2 Å². The van der Waals surface area contributed by atoms with E-state index < -0.39 is 11.7 Å². The van der Waals surface area contributed by atoms with E-state index in [2.05, 4.69) is 46.5 Å². The number of allylic oxidation sites excluding steroid dienone is 3. The monoisotopic (exact) mass is 559 g/mol. The van der Waals surface area contributed by atoms with Crippen LogP contribution in [0.25, 0.3) is 11.1 Å². The highest BCUT2D eigenvalue weighted by Crippen LogP contribution is 2.42. The molecule has 3 rings (SSSR count). The lowest BCUT2D eigenvalue weighted by Gasteiger charge is -2.13. The molecular weight excluding hydrogens is 507 g/mol. The highest BCUT2D eigenvalue weighted by molar-refractivity contribution is 6.23. The number of halogens is 3. The fourth-order valence-corrected chi connectivity index (χ4v) is 4.55. The van der Waals surface area contributed by atoms with Crippen molar-refractivity contribution in [1.82, 2.24) is 4.98 Å². The Balaban J connectivity index is 0.000000850. The van der Waals surface area contributed by atoms with Gasteiger partial charge in [-0.3, -0.25) is 9.78 Å². The van der Waals surface area contributed by atoms with Crippen molar-refractivity contribution in [1.29, 1.82) is 0 Å². The number of hydrogen-bond donors (Lipinski definition) is 0. The van der Waals surface area contributed by atoms with Gasteiger partial charge in [0.2, 0.25) is 0 Å². The molecule has 1 aromatic carbocycles. The number of fused-ring (bicyclic) bond motifs is 1. The van der Waals surface area contributed by atoms with Gasteiger partial charge < -0.3 is 0 Å². The maximum absolute atomic E-state index is 13.0. The topological polar surface area (TPSA) is 30.0 Å². The van der Waals surface area contributed by atoms with Crippen LogP contribution in [0.2, 0.25) is 0 Å². The average molecular weight is 560 g/mol. The summed E-state index contributed by atoms with van der Waals surface area (Å²) < 4.78 is 38.9. The predicted molar refractivity (Wildman–Crippen MR) is 166 cm³/mol. The summed E-state index contributed by atoms with van der Waals surface area (Å²) in [6.07, 6.45) is 7.62. The van der Waals surface area contributed by atoms with E-state index in [9.17, 15) is 18.0 Å². The molecule has 1 heterocycles. The van der Waals surface area contributed by atoms with Gasteiger partial charge in [-0.25, -0.2) is 0 Å². The van der Waals surface area contributed by atoms with Gasteiger partial charge in [0.15, 0.2) is 5.78 Å². The fourth-order valence-electron chi connectivity index (χ4n) is 4.55. The number of carbonyl (C=O) groups excluding carboxylic acids is 1. The van der Waals surface area contributed by atoms with Crippen LogP contribution in [0.1, 0.15) is 141 Å². The van der Waals surface area contributed by atoms with Crippen LogP contribution >= 0.6 is 0 Å². The molecule has 5 heteroatoms. The minimum atomic E-state index is -4.48. The van der Waals surface area contributed by atoms with Crippen molar-refractivity contribution in [2.45, 2.75) is 114 Å². The SMILES string of the molecule is C/C=C(/C)c1cnccc1C1=C(C)C(=O)c2cc(C(F)(F)F)ccc21.CC.CCC.CCCC[C@@H](C)CC(C)C. The average Bonchev–Trinajstić information content (AvgIpc) is 3.17. The van der Waals surface area contributed by atoms with Gasteiger partial charge in [0, 0.05) is 29.1 Å². The second kappa shape index (κ2) is 18.6. The molecule has 0 amide bonds. The Hall–Kier alpha value is -2.69. The van der Waals surface area contributed by atoms with Crippen molar-refractivity contribution in [2.24, 2.45) is 11.8 Å². The van der Waals surface area contributed by atoms with Gasteiger partial charge in [-0.15, -0.1) is 0 Å². The molecule has 1 aromatic heterocycles. The second-order valence-corrected chi connectivity index (χ2v) is 10.6. The first kappa shape index (κ1) is 37.3. The number of Topliss-reactive ketones (excluding diaryl/α,β-unsaturated/α-hetero) is 1. The first-order valence-corrected chi connectivity index (χ1v) is 14.9. The number of aromatic nitrogens is 1. The van der Waals surface area contributed by atoms with Gasteiger partial charge in [0.05, 0.1) is 5.56 Å². The van der Waals surface area contributed by atoms with Crippen LogP contribution in [0.15, 0.2) is 48.3 Å². The van der Waals surface area contributed by atoms with Gasteiger partial charge in [0.1, 0.15) is 0 Å². The van der Waals surface area contributed by atoms with E-state index >= 15 is 0 Å². The number of alkyl halides is 3. The third-order valence-electron chi connectivity index (χ3n) is 6.45. The molecule has 0 radical (unpaired) electrons. The molecule has 0 N–H and O–H groups in total. The summed E-state index contributed by atoms with van der Waals surface area (Å²) >= 11 is 0. The predicted octanol–water partition coefficient (Wildman–Crippen LogP) is 11.8. The molecule has 0 saturated heterocycles. The number of nitrogens with zero attached hydrogens (tertiary/aromatic N) is 1. The highest BCUT2D eigenvalue weighted by atomic mass is 19.4. The Bertz CT molecular complexity index is 1110. The van der Waals surface area contributed by atoms with Crippen molar-refractivity contribution in [3.05, 3.63) is 76.1 Å². The van der Waals surface area contributed by atoms with E-state index in [0.717, 1.165) is 40.7 Å². The summed E-state index contributed by atoms with van der Waals surface area (Å²) in [5, 5.41) is 0. The van der Waals surface area contributed by atoms with Crippen LogP contribution in [0, 0.1) is 11.8 Å². The highest BCUT2D eigenvalue weighted by Gasteiger charge is 2.35. The van der Waals surface area contributed by atoms with Gasteiger partial charge in [-0.2, -0.15) is 13.2 Å². The van der Waals surface area contributed by atoms with Gasteiger partial charge in [0.25, 0.3) is 0 Å². The van der Waals surface area contributed by atoms with E-state index in [1.807, 2.05) is 33.8 Å². The van der Waals surface area contributed by atoms with E-state index in [-0.39, 0.29) is 11.3 Å². The van der Waals surface area contributed by atoms with E-state index in [1.165, 1.54) is 38.2 Å². The maximum Gasteiger partial charge on any atom is 0.416 e.